The third-order valence-corrected chi connectivity index (χ3v) is 1.57. The van der Waals surface area contributed by atoms with Crippen molar-refractivity contribution in [2.24, 2.45) is 0 Å². The van der Waals surface area contributed by atoms with Crippen LogP contribution in [0.15, 0.2) is 24.3 Å². The van der Waals surface area contributed by atoms with Gasteiger partial charge in [0.1, 0.15) is 5.82 Å². The van der Waals surface area contributed by atoms with E-state index in [9.17, 15) is 9.18 Å². The predicted octanol–water partition coefficient (Wildman–Crippen LogP) is 2.68. The number of nitrogens with one attached hydrogen (secondary N) is 2. The Morgan fingerprint density at radius 3 is 2.50 bits per heavy atom. The molecule has 0 aromatic heterocycles. The summed E-state index contributed by atoms with van der Waals surface area (Å²) in [6, 6.07) is 5.29. The SMILES string of the molecule is CC(C)(C)ONC(=O)Nc1ccccc1F. The first kappa shape index (κ1) is 12.4. The Hall–Kier alpha value is -1.62. The van der Waals surface area contributed by atoms with E-state index in [1.54, 1.807) is 32.9 Å². The van der Waals surface area contributed by atoms with Gasteiger partial charge in [0.05, 0.1) is 11.3 Å². The van der Waals surface area contributed by atoms with E-state index in [2.05, 4.69) is 10.8 Å². The molecule has 2 amide bonds. The molecule has 0 unspecified atom stereocenters. The van der Waals surface area contributed by atoms with Crippen LogP contribution in [0.1, 0.15) is 20.8 Å². The van der Waals surface area contributed by atoms with Crippen molar-refractivity contribution in [1.29, 1.82) is 0 Å². The van der Waals surface area contributed by atoms with Crippen molar-refractivity contribution in [2.75, 3.05) is 5.32 Å². The number of anilines is 1. The van der Waals surface area contributed by atoms with Crippen LogP contribution < -0.4 is 10.8 Å². The first-order chi connectivity index (χ1) is 7.38. The Morgan fingerprint density at radius 2 is 1.94 bits per heavy atom. The summed E-state index contributed by atoms with van der Waals surface area (Å²) >= 11 is 0. The van der Waals surface area contributed by atoms with Crippen molar-refractivity contribution in [1.82, 2.24) is 5.48 Å². The number of amides is 2. The molecule has 1 aromatic rings. The van der Waals surface area contributed by atoms with Gasteiger partial charge >= 0.3 is 6.03 Å². The van der Waals surface area contributed by atoms with Crippen molar-refractivity contribution in [3.8, 4) is 0 Å². The van der Waals surface area contributed by atoms with E-state index in [-0.39, 0.29) is 5.69 Å². The first-order valence-corrected chi connectivity index (χ1v) is 4.88. The summed E-state index contributed by atoms with van der Waals surface area (Å²) < 4.78 is 13.1. The molecule has 0 fully saturated rings. The van der Waals surface area contributed by atoms with Crippen LogP contribution in [0, 0.1) is 5.82 Å². The van der Waals surface area contributed by atoms with Crippen molar-refractivity contribution in [3.63, 3.8) is 0 Å². The second kappa shape index (κ2) is 4.94. The average molecular weight is 226 g/mol. The van der Waals surface area contributed by atoms with E-state index >= 15 is 0 Å². The van der Waals surface area contributed by atoms with Gasteiger partial charge in [0.2, 0.25) is 0 Å². The van der Waals surface area contributed by atoms with Crippen LogP contribution in [0.25, 0.3) is 0 Å². The lowest BCUT2D eigenvalue weighted by molar-refractivity contribution is -0.0505. The number of hydrogen-bond acceptors (Lipinski definition) is 2. The molecule has 0 aliphatic heterocycles. The van der Waals surface area contributed by atoms with Crippen LogP contribution in [-0.4, -0.2) is 11.6 Å². The second-order valence-electron chi connectivity index (χ2n) is 4.25. The smallest absolute Gasteiger partial charge is 0.303 e. The molecule has 4 nitrogen and oxygen atoms in total. The minimum absolute atomic E-state index is 0.109. The third-order valence-electron chi connectivity index (χ3n) is 1.57. The number of carbonyl (C=O) groups is 1. The van der Waals surface area contributed by atoms with Crippen LogP contribution in [0.5, 0.6) is 0 Å². The number of urea groups is 1. The molecule has 0 atom stereocenters. The minimum atomic E-state index is -0.611. The van der Waals surface area contributed by atoms with E-state index in [0.717, 1.165) is 0 Å². The fraction of sp³-hybridized carbons (Fsp3) is 0.364. The highest BCUT2D eigenvalue weighted by Gasteiger charge is 2.13. The van der Waals surface area contributed by atoms with E-state index in [1.165, 1.54) is 12.1 Å². The highest BCUT2D eigenvalue weighted by Crippen LogP contribution is 2.12. The lowest BCUT2D eigenvalue weighted by atomic mass is 10.2. The molecule has 1 aromatic carbocycles. The van der Waals surface area contributed by atoms with Gasteiger partial charge in [0.15, 0.2) is 0 Å². The summed E-state index contributed by atoms with van der Waals surface area (Å²) in [5.74, 6) is -0.492. The Bertz CT molecular complexity index is 374. The molecule has 0 radical (unpaired) electrons. The molecule has 1 rings (SSSR count). The van der Waals surface area contributed by atoms with Gasteiger partial charge in [-0.1, -0.05) is 12.1 Å². The monoisotopic (exact) mass is 226 g/mol. The fourth-order valence-electron chi connectivity index (χ4n) is 0.910. The molecule has 2 N–H and O–H groups in total. The van der Waals surface area contributed by atoms with Gasteiger partial charge in [-0.25, -0.2) is 14.7 Å². The number of halogens is 1. The van der Waals surface area contributed by atoms with Crippen molar-refractivity contribution < 1.29 is 14.0 Å². The number of hydroxylamine groups is 1. The maximum Gasteiger partial charge on any atom is 0.343 e. The lowest BCUT2D eigenvalue weighted by Crippen LogP contribution is -2.36. The summed E-state index contributed by atoms with van der Waals surface area (Å²) in [6.45, 7) is 5.36. The molecule has 5 heteroatoms. The highest BCUT2D eigenvalue weighted by molar-refractivity contribution is 5.88. The van der Waals surface area contributed by atoms with Gasteiger partial charge < -0.3 is 5.32 Å². The Balaban J connectivity index is 2.50. The summed E-state index contributed by atoms with van der Waals surface area (Å²) in [4.78, 5) is 16.3. The Kier molecular flexibility index (Phi) is 3.84. The zero-order chi connectivity index (χ0) is 12.2. The molecule has 0 aliphatic rings. The van der Waals surface area contributed by atoms with Gasteiger partial charge in [-0.15, -0.1) is 0 Å². The van der Waals surface area contributed by atoms with Crippen molar-refractivity contribution in [3.05, 3.63) is 30.1 Å². The van der Waals surface area contributed by atoms with E-state index in [0.29, 0.717) is 0 Å². The van der Waals surface area contributed by atoms with Crippen LogP contribution in [0.3, 0.4) is 0 Å². The Morgan fingerprint density at radius 1 is 1.31 bits per heavy atom. The zero-order valence-electron chi connectivity index (χ0n) is 9.50. The van der Waals surface area contributed by atoms with Crippen LogP contribution >= 0.6 is 0 Å². The highest BCUT2D eigenvalue weighted by atomic mass is 19.1. The summed E-state index contributed by atoms with van der Waals surface area (Å²) in [6.07, 6.45) is 0. The second-order valence-corrected chi connectivity index (χ2v) is 4.25. The molecule has 0 heterocycles. The number of carbonyl (C=O) groups excluding carboxylic acids is 1. The van der Waals surface area contributed by atoms with E-state index < -0.39 is 17.4 Å². The number of hydrogen-bond donors (Lipinski definition) is 2. The lowest BCUT2D eigenvalue weighted by Gasteiger charge is -2.19. The molecule has 0 saturated heterocycles. The van der Waals surface area contributed by atoms with Crippen molar-refractivity contribution in [2.45, 2.75) is 26.4 Å². The zero-order valence-corrected chi connectivity index (χ0v) is 9.50. The fourth-order valence-corrected chi connectivity index (χ4v) is 0.910. The molecule has 0 aliphatic carbocycles. The van der Waals surface area contributed by atoms with Gasteiger partial charge in [-0.3, -0.25) is 4.84 Å². The maximum absolute atomic E-state index is 13.1. The molecular formula is C11H15FN2O2. The van der Waals surface area contributed by atoms with Crippen LogP contribution in [-0.2, 0) is 4.84 Å². The number of para-hydroxylation sites is 1. The van der Waals surface area contributed by atoms with Gasteiger partial charge in [-0.05, 0) is 32.9 Å². The molecule has 0 spiro atoms. The molecule has 0 bridgehead atoms. The minimum Gasteiger partial charge on any atom is -0.303 e. The number of rotatable bonds is 2. The largest absolute Gasteiger partial charge is 0.343 e. The molecule has 0 saturated carbocycles. The summed E-state index contributed by atoms with van der Waals surface area (Å²) in [5, 5.41) is 2.33. The van der Waals surface area contributed by atoms with E-state index in [4.69, 9.17) is 4.84 Å². The summed E-state index contributed by atoms with van der Waals surface area (Å²) in [5.41, 5.74) is 1.80. The maximum atomic E-state index is 13.1. The van der Waals surface area contributed by atoms with Gasteiger partial charge in [-0.2, -0.15) is 0 Å². The predicted molar refractivity (Wildman–Crippen MR) is 59.4 cm³/mol. The molecule has 16 heavy (non-hydrogen) atoms. The quantitative estimate of drug-likeness (QED) is 0.762. The normalized spacial score (nSPS) is 11.0. The Labute approximate surface area is 93.8 Å². The first-order valence-electron chi connectivity index (χ1n) is 4.88. The topological polar surface area (TPSA) is 50.4 Å². The van der Waals surface area contributed by atoms with E-state index in [1.807, 2.05) is 0 Å². The average Bonchev–Trinajstić information content (AvgIpc) is 2.18. The third kappa shape index (κ3) is 4.27. The van der Waals surface area contributed by atoms with Crippen LogP contribution in [0.4, 0.5) is 14.9 Å². The summed E-state index contributed by atoms with van der Waals surface area (Å²) in [7, 11) is 0. The standard InChI is InChI=1S/C11H15FN2O2/c1-11(2,3)16-14-10(15)13-9-7-5-4-6-8(9)12/h4-7H,1-3H3,(H2,13,14,15). The molecule has 88 valence electrons. The molecular weight excluding hydrogens is 211 g/mol. The van der Waals surface area contributed by atoms with Gasteiger partial charge in [0.25, 0.3) is 0 Å². The van der Waals surface area contributed by atoms with Crippen molar-refractivity contribution >= 4 is 11.7 Å². The number of benzene rings is 1. The van der Waals surface area contributed by atoms with Crippen LogP contribution in [0.2, 0.25) is 0 Å². The van der Waals surface area contributed by atoms with Gasteiger partial charge in [0, 0.05) is 0 Å².